The number of halogens is 1. The van der Waals surface area contributed by atoms with E-state index in [4.69, 9.17) is 0 Å². The number of hydrogen-bond donors (Lipinski definition) is 0. The van der Waals surface area contributed by atoms with Gasteiger partial charge in [0.05, 0.1) is 0 Å². The van der Waals surface area contributed by atoms with Gasteiger partial charge in [-0.2, -0.15) is 0 Å². The first-order chi connectivity index (χ1) is 14.2. The maximum Gasteiger partial charge on any atom is 0.245 e. The number of carbonyl (C=O) groups excluding carboxylic acids is 2. The van der Waals surface area contributed by atoms with E-state index >= 15 is 0 Å². The average molecular weight is 459 g/mol. The zero-order chi connectivity index (χ0) is 19.8. The second kappa shape index (κ2) is 8.20. The Morgan fingerprint density at radius 2 is 1.20 bits per heavy atom. The number of benzene rings is 3. The Labute approximate surface area is 185 Å². The average Bonchev–Trinajstić information content (AvgIpc) is 3.11. The normalized spacial score (nSPS) is 12.1. The molecule has 0 saturated carbocycles. The SMILES string of the molecule is O=C1c2ccccc2C(=O)c2c1n(Cc1ccccc1)c[n+]2Cc1ccccc1.[Br-]. The maximum atomic E-state index is 13.3. The number of aromatic nitrogens is 2. The first-order valence-corrected chi connectivity index (χ1v) is 9.61. The molecule has 1 heterocycles. The molecule has 0 fully saturated rings. The lowest BCUT2D eigenvalue weighted by Gasteiger charge is -2.13. The first-order valence-electron chi connectivity index (χ1n) is 9.61. The van der Waals surface area contributed by atoms with Crippen LogP contribution in [0.2, 0.25) is 0 Å². The standard InChI is InChI=1S/C25H19N2O2.BrH/c28-24-20-13-7-8-14-21(20)25(29)23-22(24)26(15-18-9-3-1-4-10-18)17-27(23)16-19-11-5-2-6-12-19;/h1-14,17H,15-16H2;1H/q+1;/p-1. The summed E-state index contributed by atoms with van der Waals surface area (Å²) in [5.74, 6) is -0.198. The van der Waals surface area contributed by atoms with E-state index in [1.165, 1.54) is 0 Å². The Morgan fingerprint density at radius 1 is 0.667 bits per heavy atom. The number of fused-ring (bicyclic) bond motifs is 2. The second-order valence-electron chi connectivity index (χ2n) is 7.24. The number of nitrogens with zero attached hydrogens (tertiary/aromatic N) is 2. The van der Waals surface area contributed by atoms with Crippen molar-refractivity contribution in [2.75, 3.05) is 0 Å². The highest BCUT2D eigenvalue weighted by Gasteiger charge is 2.40. The Morgan fingerprint density at radius 3 is 1.83 bits per heavy atom. The van der Waals surface area contributed by atoms with Crippen LogP contribution in [0.1, 0.15) is 43.2 Å². The second-order valence-corrected chi connectivity index (χ2v) is 7.24. The van der Waals surface area contributed by atoms with Gasteiger partial charge in [0, 0.05) is 11.1 Å². The van der Waals surface area contributed by atoms with E-state index in [0.717, 1.165) is 11.1 Å². The molecule has 3 aromatic carbocycles. The molecule has 4 nitrogen and oxygen atoms in total. The van der Waals surface area contributed by atoms with Gasteiger partial charge in [0.25, 0.3) is 0 Å². The number of carbonyl (C=O) groups is 2. The predicted molar refractivity (Wildman–Crippen MR) is 109 cm³/mol. The lowest BCUT2D eigenvalue weighted by molar-refractivity contribution is -0.689. The van der Waals surface area contributed by atoms with E-state index < -0.39 is 0 Å². The summed E-state index contributed by atoms with van der Waals surface area (Å²) in [5.41, 5.74) is 4.04. The quantitative estimate of drug-likeness (QED) is 0.371. The van der Waals surface area contributed by atoms with E-state index in [-0.39, 0.29) is 28.5 Å². The van der Waals surface area contributed by atoms with Crippen LogP contribution in [0.3, 0.4) is 0 Å². The largest absolute Gasteiger partial charge is 1.00 e. The molecule has 0 saturated heterocycles. The third-order valence-corrected chi connectivity index (χ3v) is 5.32. The first kappa shape index (κ1) is 20.0. The highest BCUT2D eigenvalue weighted by Crippen LogP contribution is 2.26. The molecular formula is C25H19BrN2O2. The molecule has 1 aromatic heterocycles. The van der Waals surface area contributed by atoms with Crippen molar-refractivity contribution in [1.29, 1.82) is 0 Å². The Balaban J connectivity index is 0.00000218. The summed E-state index contributed by atoms with van der Waals surface area (Å²) in [7, 11) is 0. The lowest BCUT2D eigenvalue weighted by Crippen LogP contribution is -3.00. The Bertz CT molecular complexity index is 1140. The van der Waals surface area contributed by atoms with Gasteiger partial charge in [0.1, 0.15) is 13.1 Å². The fourth-order valence-electron chi connectivity index (χ4n) is 3.97. The maximum absolute atomic E-state index is 13.3. The highest BCUT2D eigenvalue weighted by molar-refractivity contribution is 6.26. The summed E-state index contributed by atoms with van der Waals surface area (Å²) in [4.78, 5) is 26.7. The fraction of sp³-hybridized carbons (Fsp3) is 0.0800. The van der Waals surface area contributed by atoms with Crippen LogP contribution in [-0.4, -0.2) is 16.1 Å². The minimum Gasteiger partial charge on any atom is -1.00 e. The third-order valence-electron chi connectivity index (χ3n) is 5.32. The highest BCUT2D eigenvalue weighted by atomic mass is 79.9. The molecule has 0 amide bonds. The van der Waals surface area contributed by atoms with Gasteiger partial charge in [-0.1, -0.05) is 84.9 Å². The molecule has 4 aromatic rings. The topological polar surface area (TPSA) is 43.0 Å². The van der Waals surface area contributed by atoms with Crippen LogP contribution in [0, 0.1) is 0 Å². The Kier molecular flexibility index (Phi) is 5.46. The molecule has 1 aliphatic carbocycles. The Hall–Kier alpha value is -3.31. The van der Waals surface area contributed by atoms with Crippen molar-refractivity contribution in [3.05, 3.63) is 125 Å². The molecule has 0 bridgehead atoms. The predicted octanol–water partition coefficient (Wildman–Crippen LogP) is 0.652. The summed E-state index contributed by atoms with van der Waals surface area (Å²) < 4.78 is 3.81. The van der Waals surface area contributed by atoms with Crippen LogP contribution in [-0.2, 0) is 13.1 Å². The fourth-order valence-corrected chi connectivity index (χ4v) is 3.97. The zero-order valence-corrected chi connectivity index (χ0v) is 17.7. The van der Waals surface area contributed by atoms with Gasteiger partial charge in [-0.15, -0.1) is 0 Å². The number of rotatable bonds is 4. The molecule has 0 spiro atoms. The van der Waals surface area contributed by atoms with Gasteiger partial charge in [-0.05, 0) is 11.1 Å². The van der Waals surface area contributed by atoms with Gasteiger partial charge in [0.15, 0.2) is 0 Å². The zero-order valence-electron chi connectivity index (χ0n) is 16.2. The number of ketones is 2. The van der Waals surface area contributed by atoms with Crippen LogP contribution >= 0.6 is 0 Å². The van der Waals surface area contributed by atoms with Crippen molar-refractivity contribution in [3.8, 4) is 0 Å². The minimum absolute atomic E-state index is 0. The van der Waals surface area contributed by atoms with Gasteiger partial charge in [-0.3, -0.25) is 9.59 Å². The van der Waals surface area contributed by atoms with Crippen molar-refractivity contribution < 1.29 is 31.1 Å². The van der Waals surface area contributed by atoms with Crippen molar-refractivity contribution in [3.63, 3.8) is 0 Å². The van der Waals surface area contributed by atoms with E-state index in [1.54, 1.807) is 24.3 Å². The minimum atomic E-state index is -0.0991. The molecular weight excluding hydrogens is 440 g/mol. The van der Waals surface area contributed by atoms with Crippen molar-refractivity contribution >= 4 is 11.6 Å². The van der Waals surface area contributed by atoms with Gasteiger partial charge < -0.3 is 17.0 Å². The van der Waals surface area contributed by atoms with Gasteiger partial charge >= 0.3 is 0 Å². The summed E-state index contributed by atoms with van der Waals surface area (Å²) >= 11 is 0. The van der Waals surface area contributed by atoms with Gasteiger partial charge in [-0.25, -0.2) is 9.13 Å². The lowest BCUT2D eigenvalue weighted by atomic mass is 9.90. The molecule has 0 N–H and O–H groups in total. The van der Waals surface area contributed by atoms with E-state index in [9.17, 15) is 9.59 Å². The molecule has 1 aliphatic rings. The molecule has 5 heteroatoms. The molecule has 148 valence electrons. The molecule has 5 rings (SSSR count). The summed E-state index contributed by atoms with van der Waals surface area (Å²) in [5, 5.41) is 0. The number of hydrogen-bond acceptors (Lipinski definition) is 2. The van der Waals surface area contributed by atoms with Crippen LogP contribution in [0.15, 0.2) is 91.3 Å². The van der Waals surface area contributed by atoms with E-state index in [0.29, 0.717) is 35.6 Å². The van der Waals surface area contributed by atoms with E-state index in [1.807, 2.05) is 76.1 Å². The summed E-state index contributed by atoms with van der Waals surface area (Å²) in [6.45, 7) is 1.07. The summed E-state index contributed by atoms with van der Waals surface area (Å²) in [6.07, 6.45) is 1.90. The van der Waals surface area contributed by atoms with Crippen molar-refractivity contribution in [2.24, 2.45) is 0 Å². The molecule has 30 heavy (non-hydrogen) atoms. The van der Waals surface area contributed by atoms with Crippen LogP contribution in [0.4, 0.5) is 0 Å². The molecule has 0 radical (unpaired) electrons. The number of imidazole rings is 1. The van der Waals surface area contributed by atoms with Crippen molar-refractivity contribution in [1.82, 2.24) is 4.57 Å². The van der Waals surface area contributed by atoms with E-state index in [2.05, 4.69) is 0 Å². The van der Waals surface area contributed by atoms with Crippen LogP contribution in [0.25, 0.3) is 0 Å². The summed E-state index contributed by atoms with van der Waals surface area (Å²) in [6, 6.07) is 27.0. The van der Waals surface area contributed by atoms with Crippen molar-refractivity contribution in [2.45, 2.75) is 13.1 Å². The smallest absolute Gasteiger partial charge is 0.245 e. The van der Waals surface area contributed by atoms with Crippen LogP contribution in [0.5, 0.6) is 0 Å². The molecule has 0 unspecified atom stereocenters. The van der Waals surface area contributed by atoms with Gasteiger partial charge in [0.2, 0.25) is 29.3 Å². The third kappa shape index (κ3) is 3.42. The molecule has 0 aliphatic heterocycles. The monoisotopic (exact) mass is 458 g/mol. The van der Waals surface area contributed by atoms with Crippen LogP contribution < -0.4 is 21.5 Å². The molecule has 0 atom stereocenters.